The molecule has 0 bridgehead atoms. The molecule has 0 aromatic heterocycles. The molecule has 0 spiro atoms. The van der Waals surface area contributed by atoms with E-state index < -0.39 is 35.9 Å². The van der Waals surface area contributed by atoms with Gasteiger partial charge in [0.1, 0.15) is 6.04 Å². The number of anilines is 1. The van der Waals surface area contributed by atoms with Crippen LogP contribution >= 0.6 is 0 Å². The van der Waals surface area contributed by atoms with Gasteiger partial charge in [-0.15, -0.1) is 0 Å². The fourth-order valence-electron chi connectivity index (χ4n) is 4.15. The van der Waals surface area contributed by atoms with Crippen LogP contribution in [-0.4, -0.2) is 40.7 Å². The molecule has 1 heterocycles. The van der Waals surface area contributed by atoms with Gasteiger partial charge in [0.15, 0.2) is 6.10 Å². The molecule has 2 aliphatic rings. The van der Waals surface area contributed by atoms with Crippen LogP contribution in [0, 0.1) is 11.8 Å². The summed E-state index contributed by atoms with van der Waals surface area (Å²) in [6, 6.07) is 12.2. The lowest BCUT2D eigenvalue weighted by atomic mass is 9.85. The van der Waals surface area contributed by atoms with E-state index >= 15 is 0 Å². The Labute approximate surface area is 180 Å². The average Bonchev–Trinajstić information content (AvgIpc) is 3.03. The van der Waals surface area contributed by atoms with Gasteiger partial charge < -0.3 is 10.1 Å². The number of nitrogens with zero attached hydrogens (tertiary/aromatic N) is 1. The van der Waals surface area contributed by atoms with Gasteiger partial charge in [0.2, 0.25) is 11.8 Å². The summed E-state index contributed by atoms with van der Waals surface area (Å²) in [5, 5.41) is 4.75. The zero-order chi connectivity index (χ0) is 22.1. The normalized spacial score (nSPS) is 22.2. The topological polar surface area (TPSA) is 92.8 Å². The third kappa shape index (κ3) is 3.95. The Hall–Kier alpha value is -3.48. The zero-order valence-corrected chi connectivity index (χ0v) is 17.4. The molecule has 2 aromatic rings. The van der Waals surface area contributed by atoms with Crippen LogP contribution in [0.4, 0.5) is 5.69 Å². The number of benzene rings is 2. The van der Waals surface area contributed by atoms with Crippen molar-refractivity contribution in [3.05, 3.63) is 54.6 Å². The quantitative estimate of drug-likeness (QED) is 0.456. The first-order valence-electron chi connectivity index (χ1n) is 10.4. The van der Waals surface area contributed by atoms with E-state index in [0.717, 1.165) is 15.7 Å². The molecule has 0 saturated carbocycles. The van der Waals surface area contributed by atoms with Gasteiger partial charge >= 0.3 is 5.97 Å². The van der Waals surface area contributed by atoms with Crippen LogP contribution in [0.5, 0.6) is 0 Å². The van der Waals surface area contributed by atoms with Crippen molar-refractivity contribution in [1.29, 1.82) is 0 Å². The molecule has 0 radical (unpaired) electrons. The van der Waals surface area contributed by atoms with E-state index in [-0.39, 0.29) is 11.8 Å². The zero-order valence-electron chi connectivity index (χ0n) is 17.4. The maximum absolute atomic E-state index is 12.6. The number of likely N-dealkylation sites (tertiary alicyclic amines) is 1. The smallest absolute Gasteiger partial charge is 0.329 e. The molecular weight excluding hydrogens is 396 g/mol. The van der Waals surface area contributed by atoms with E-state index in [1.165, 1.54) is 13.8 Å². The summed E-state index contributed by atoms with van der Waals surface area (Å²) >= 11 is 0. The summed E-state index contributed by atoms with van der Waals surface area (Å²) in [4.78, 5) is 51.4. The van der Waals surface area contributed by atoms with Crippen molar-refractivity contribution in [2.45, 2.75) is 38.8 Å². The van der Waals surface area contributed by atoms with E-state index in [1.807, 2.05) is 48.6 Å². The molecule has 7 nitrogen and oxygen atoms in total. The number of imide groups is 1. The van der Waals surface area contributed by atoms with Gasteiger partial charge in [0.25, 0.3) is 5.91 Å². The number of amides is 3. The number of allylic oxidation sites excluding steroid dienone is 2. The third-order valence-electron chi connectivity index (χ3n) is 5.95. The summed E-state index contributed by atoms with van der Waals surface area (Å²) in [5.74, 6) is -2.81. The first kappa shape index (κ1) is 20.8. The van der Waals surface area contributed by atoms with Gasteiger partial charge in [-0.25, -0.2) is 4.79 Å². The number of nitrogens with one attached hydrogen (secondary N) is 1. The van der Waals surface area contributed by atoms with Crippen molar-refractivity contribution < 1.29 is 23.9 Å². The van der Waals surface area contributed by atoms with Gasteiger partial charge in [-0.2, -0.15) is 0 Å². The Kier molecular flexibility index (Phi) is 5.59. The molecular formula is C24H24N2O5. The lowest BCUT2D eigenvalue weighted by Gasteiger charge is -2.23. The van der Waals surface area contributed by atoms with Gasteiger partial charge in [0, 0.05) is 5.69 Å². The molecule has 1 N–H and O–H groups in total. The molecule has 1 fully saturated rings. The molecule has 1 saturated heterocycles. The van der Waals surface area contributed by atoms with Crippen molar-refractivity contribution >= 4 is 40.2 Å². The largest absolute Gasteiger partial charge is 0.451 e. The molecule has 3 amide bonds. The fraction of sp³-hybridized carbons (Fsp3) is 0.333. The standard InChI is InChI=1S/C24H24N2O5/c1-14(26-22(28)19-9-5-6-10-20(19)23(26)29)24(30)31-15(2)21(27)25-18-12-11-16-7-3-4-8-17(16)13-18/h3-8,11-15,19-20H,9-10H2,1-2H3,(H,25,27)/t14-,15+,19-,20+/m0/s1. The lowest BCUT2D eigenvalue weighted by molar-refractivity contribution is -0.163. The van der Waals surface area contributed by atoms with Gasteiger partial charge in [-0.1, -0.05) is 42.5 Å². The molecule has 0 unspecified atom stereocenters. The van der Waals surface area contributed by atoms with Gasteiger partial charge in [0.05, 0.1) is 11.8 Å². The molecule has 4 rings (SSSR count). The highest BCUT2D eigenvalue weighted by atomic mass is 16.5. The second-order valence-corrected chi connectivity index (χ2v) is 8.01. The maximum atomic E-state index is 12.6. The second-order valence-electron chi connectivity index (χ2n) is 8.01. The number of esters is 1. The van der Waals surface area contributed by atoms with Crippen LogP contribution in [0.1, 0.15) is 26.7 Å². The number of carbonyl (C=O) groups excluding carboxylic acids is 4. The molecule has 160 valence electrons. The Morgan fingerprint density at radius 2 is 1.58 bits per heavy atom. The molecule has 1 aliphatic carbocycles. The third-order valence-corrected chi connectivity index (χ3v) is 5.95. The highest BCUT2D eigenvalue weighted by molar-refractivity contribution is 6.08. The van der Waals surface area contributed by atoms with E-state index in [2.05, 4.69) is 5.32 Å². The summed E-state index contributed by atoms with van der Waals surface area (Å²) in [6.07, 6.45) is 3.69. The monoisotopic (exact) mass is 420 g/mol. The van der Waals surface area contributed by atoms with Gasteiger partial charge in [-0.3, -0.25) is 19.3 Å². The van der Waals surface area contributed by atoms with Crippen LogP contribution in [-0.2, 0) is 23.9 Å². The lowest BCUT2D eigenvalue weighted by Crippen LogP contribution is -2.46. The Morgan fingerprint density at radius 1 is 0.968 bits per heavy atom. The fourth-order valence-corrected chi connectivity index (χ4v) is 4.15. The van der Waals surface area contributed by atoms with E-state index in [1.54, 1.807) is 6.07 Å². The van der Waals surface area contributed by atoms with Crippen molar-refractivity contribution in [1.82, 2.24) is 4.90 Å². The van der Waals surface area contributed by atoms with E-state index in [0.29, 0.717) is 18.5 Å². The number of hydrogen-bond donors (Lipinski definition) is 1. The van der Waals surface area contributed by atoms with Crippen LogP contribution in [0.3, 0.4) is 0 Å². The predicted octanol–water partition coefficient (Wildman–Crippen LogP) is 3.05. The number of fused-ring (bicyclic) bond motifs is 2. The molecule has 2 aromatic carbocycles. The molecule has 1 aliphatic heterocycles. The number of hydrogen-bond acceptors (Lipinski definition) is 5. The first-order chi connectivity index (χ1) is 14.9. The first-order valence-corrected chi connectivity index (χ1v) is 10.4. The summed E-state index contributed by atoms with van der Waals surface area (Å²) in [6.45, 7) is 2.91. The predicted molar refractivity (Wildman–Crippen MR) is 115 cm³/mol. The number of ether oxygens (including phenoxy) is 1. The Morgan fingerprint density at radius 3 is 2.23 bits per heavy atom. The van der Waals surface area contributed by atoms with Crippen LogP contribution in [0.25, 0.3) is 10.8 Å². The van der Waals surface area contributed by atoms with Crippen LogP contribution in [0.2, 0.25) is 0 Å². The SMILES string of the molecule is C[C@@H](OC(=O)[C@H](C)N1C(=O)[C@H]2CC=CC[C@H]2C1=O)C(=O)Nc1ccc2ccccc2c1. The Bertz CT molecular complexity index is 1070. The Balaban J connectivity index is 1.38. The minimum atomic E-state index is -1.09. The minimum Gasteiger partial charge on any atom is -0.451 e. The van der Waals surface area contributed by atoms with E-state index in [4.69, 9.17) is 4.74 Å². The average molecular weight is 420 g/mol. The van der Waals surface area contributed by atoms with Gasteiger partial charge in [-0.05, 0) is 49.6 Å². The molecule has 31 heavy (non-hydrogen) atoms. The molecule has 7 heteroatoms. The summed E-state index contributed by atoms with van der Waals surface area (Å²) in [7, 11) is 0. The second kappa shape index (κ2) is 8.34. The molecule has 4 atom stereocenters. The highest BCUT2D eigenvalue weighted by Gasteiger charge is 2.50. The van der Waals surface area contributed by atoms with Crippen molar-refractivity contribution in [2.24, 2.45) is 11.8 Å². The number of carbonyl (C=O) groups is 4. The number of rotatable bonds is 5. The van der Waals surface area contributed by atoms with E-state index in [9.17, 15) is 19.2 Å². The van der Waals surface area contributed by atoms with Crippen LogP contribution < -0.4 is 5.32 Å². The maximum Gasteiger partial charge on any atom is 0.329 e. The van der Waals surface area contributed by atoms with Crippen molar-refractivity contribution in [3.63, 3.8) is 0 Å². The summed E-state index contributed by atoms with van der Waals surface area (Å²) in [5.41, 5.74) is 0.584. The highest BCUT2D eigenvalue weighted by Crippen LogP contribution is 2.36. The van der Waals surface area contributed by atoms with Crippen LogP contribution in [0.15, 0.2) is 54.6 Å². The van der Waals surface area contributed by atoms with Crippen molar-refractivity contribution in [2.75, 3.05) is 5.32 Å². The van der Waals surface area contributed by atoms with Crippen molar-refractivity contribution in [3.8, 4) is 0 Å². The minimum absolute atomic E-state index is 0.350. The summed E-state index contributed by atoms with van der Waals surface area (Å²) < 4.78 is 5.28.